The van der Waals surface area contributed by atoms with Crippen molar-refractivity contribution >= 4 is 0 Å². The maximum absolute atomic E-state index is 9.13. The molecule has 1 rings (SSSR count). The third-order valence-corrected chi connectivity index (χ3v) is 3.21. The standard InChI is InChI=1S/C12H20N2O/c1-3-11(13)12(2,6-8-15)10-5-4-7-14-9-10/h4-5,7,9,11,15H,3,6,8,13H2,1-2H3. The van der Waals surface area contributed by atoms with Gasteiger partial charge in [-0.05, 0) is 24.5 Å². The zero-order valence-corrected chi connectivity index (χ0v) is 9.48. The van der Waals surface area contributed by atoms with E-state index in [1.165, 1.54) is 0 Å². The summed E-state index contributed by atoms with van der Waals surface area (Å²) < 4.78 is 0. The lowest BCUT2D eigenvalue weighted by molar-refractivity contribution is 0.223. The fraction of sp³-hybridized carbons (Fsp3) is 0.583. The molecule has 15 heavy (non-hydrogen) atoms. The zero-order chi connectivity index (χ0) is 11.3. The Bertz CT molecular complexity index is 289. The number of aliphatic hydroxyl groups is 1. The first kappa shape index (κ1) is 12.1. The average molecular weight is 208 g/mol. The number of hydrogen-bond donors (Lipinski definition) is 2. The zero-order valence-electron chi connectivity index (χ0n) is 9.48. The van der Waals surface area contributed by atoms with E-state index >= 15 is 0 Å². The highest BCUT2D eigenvalue weighted by atomic mass is 16.3. The second-order valence-corrected chi connectivity index (χ2v) is 4.15. The van der Waals surface area contributed by atoms with Crippen LogP contribution in [0.5, 0.6) is 0 Å². The van der Waals surface area contributed by atoms with Crippen LogP contribution < -0.4 is 5.73 Å². The van der Waals surface area contributed by atoms with Gasteiger partial charge in [-0.1, -0.05) is 19.9 Å². The van der Waals surface area contributed by atoms with Crippen LogP contribution in [-0.2, 0) is 5.41 Å². The van der Waals surface area contributed by atoms with Crippen LogP contribution in [0.2, 0.25) is 0 Å². The van der Waals surface area contributed by atoms with Crippen molar-refractivity contribution in [1.29, 1.82) is 0 Å². The Hall–Kier alpha value is -0.930. The van der Waals surface area contributed by atoms with Gasteiger partial charge in [0.25, 0.3) is 0 Å². The normalized spacial score (nSPS) is 17.1. The lowest BCUT2D eigenvalue weighted by atomic mass is 9.73. The van der Waals surface area contributed by atoms with Crippen molar-refractivity contribution in [3.05, 3.63) is 30.1 Å². The summed E-state index contributed by atoms with van der Waals surface area (Å²) in [5.41, 5.74) is 7.05. The van der Waals surface area contributed by atoms with Crippen molar-refractivity contribution in [3.63, 3.8) is 0 Å². The Morgan fingerprint density at radius 1 is 1.60 bits per heavy atom. The molecule has 0 fully saturated rings. The van der Waals surface area contributed by atoms with Crippen LogP contribution in [0.1, 0.15) is 32.3 Å². The first-order valence-corrected chi connectivity index (χ1v) is 5.42. The Morgan fingerprint density at radius 2 is 2.33 bits per heavy atom. The molecule has 3 heteroatoms. The molecular formula is C12H20N2O. The SMILES string of the molecule is CCC(N)C(C)(CCO)c1cccnc1. The Morgan fingerprint density at radius 3 is 2.80 bits per heavy atom. The minimum absolute atomic E-state index is 0.0499. The molecule has 84 valence electrons. The van der Waals surface area contributed by atoms with Gasteiger partial charge in [-0.25, -0.2) is 0 Å². The monoisotopic (exact) mass is 208 g/mol. The Labute approximate surface area is 91.3 Å². The van der Waals surface area contributed by atoms with Gasteiger partial charge in [-0.3, -0.25) is 4.98 Å². The van der Waals surface area contributed by atoms with Crippen LogP contribution in [0.25, 0.3) is 0 Å². The van der Waals surface area contributed by atoms with Crippen LogP contribution in [-0.4, -0.2) is 22.7 Å². The molecule has 0 aliphatic rings. The molecule has 0 aromatic carbocycles. The van der Waals surface area contributed by atoms with Crippen LogP contribution in [0, 0.1) is 0 Å². The molecule has 0 aliphatic heterocycles. The first-order chi connectivity index (χ1) is 7.15. The largest absolute Gasteiger partial charge is 0.396 e. The predicted molar refractivity (Wildman–Crippen MR) is 61.6 cm³/mol. The Balaban J connectivity index is 3.01. The van der Waals surface area contributed by atoms with Gasteiger partial charge in [0.15, 0.2) is 0 Å². The molecule has 0 amide bonds. The molecule has 0 aliphatic carbocycles. The van der Waals surface area contributed by atoms with Crippen molar-refractivity contribution in [3.8, 4) is 0 Å². The van der Waals surface area contributed by atoms with Gasteiger partial charge in [-0.15, -0.1) is 0 Å². The van der Waals surface area contributed by atoms with Gasteiger partial charge < -0.3 is 10.8 Å². The molecule has 2 atom stereocenters. The number of pyridine rings is 1. The van der Waals surface area contributed by atoms with E-state index < -0.39 is 0 Å². The van der Waals surface area contributed by atoms with Gasteiger partial charge in [-0.2, -0.15) is 0 Å². The van der Waals surface area contributed by atoms with E-state index in [2.05, 4.69) is 18.8 Å². The lowest BCUT2D eigenvalue weighted by Gasteiger charge is -2.35. The fourth-order valence-electron chi connectivity index (χ4n) is 1.93. The van der Waals surface area contributed by atoms with Crippen LogP contribution in [0.3, 0.4) is 0 Å². The summed E-state index contributed by atoms with van der Waals surface area (Å²) in [6, 6.07) is 3.99. The van der Waals surface area contributed by atoms with Crippen LogP contribution >= 0.6 is 0 Å². The topological polar surface area (TPSA) is 59.1 Å². The molecule has 3 nitrogen and oxygen atoms in total. The summed E-state index contributed by atoms with van der Waals surface area (Å²) >= 11 is 0. The molecule has 1 aromatic rings. The van der Waals surface area contributed by atoms with E-state index in [9.17, 15) is 0 Å². The number of aromatic nitrogens is 1. The average Bonchev–Trinajstić information content (AvgIpc) is 2.29. The maximum atomic E-state index is 9.13. The molecule has 0 spiro atoms. The molecule has 0 bridgehead atoms. The van der Waals surface area contributed by atoms with E-state index in [4.69, 9.17) is 10.8 Å². The quantitative estimate of drug-likeness (QED) is 0.770. The summed E-state index contributed by atoms with van der Waals surface area (Å²) in [6.07, 6.45) is 5.16. The second kappa shape index (κ2) is 5.24. The van der Waals surface area contributed by atoms with Gasteiger partial charge in [0.1, 0.15) is 0 Å². The van der Waals surface area contributed by atoms with Gasteiger partial charge in [0.05, 0.1) is 0 Å². The number of aliphatic hydroxyl groups excluding tert-OH is 1. The maximum Gasteiger partial charge on any atom is 0.0440 e. The highest BCUT2D eigenvalue weighted by Crippen LogP contribution is 2.30. The van der Waals surface area contributed by atoms with Gasteiger partial charge in [0, 0.05) is 30.5 Å². The second-order valence-electron chi connectivity index (χ2n) is 4.15. The molecule has 0 radical (unpaired) electrons. The van der Waals surface area contributed by atoms with Crippen molar-refractivity contribution in [1.82, 2.24) is 4.98 Å². The minimum Gasteiger partial charge on any atom is -0.396 e. The summed E-state index contributed by atoms with van der Waals surface area (Å²) in [6.45, 7) is 4.31. The highest BCUT2D eigenvalue weighted by Gasteiger charge is 2.32. The molecule has 1 aromatic heterocycles. The predicted octanol–water partition coefficient (Wildman–Crippen LogP) is 1.46. The van der Waals surface area contributed by atoms with Gasteiger partial charge >= 0.3 is 0 Å². The highest BCUT2D eigenvalue weighted by molar-refractivity contribution is 5.23. The van der Waals surface area contributed by atoms with E-state index in [-0.39, 0.29) is 18.1 Å². The molecular weight excluding hydrogens is 188 g/mol. The molecule has 1 heterocycles. The Kier molecular flexibility index (Phi) is 4.24. The summed E-state index contributed by atoms with van der Waals surface area (Å²) in [4.78, 5) is 4.11. The van der Waals surface area contributed by atoms with Crippen molar-refractivity contribution < 1.29 is 5.11 Å². The minimum atomic E-state index is -0.183. The number of nitrogens with two attached hydrogens (primary N) is 1. The smallest absolute Gasteiger partial charge is 0.0440 e. The van der Waals surface area contributed by atoms with E-state index in [1.807, 2.05) is 18.3 Å². The molecule has 2 unspecified atom stereocenters. The summed E-state index contributed by atoms with van der Waals surface area (Å²) in [5.74, 6) is 0. The van der Waals surface area contributed by atoms with Crippen molar-refractivity contribution in [2.24, 2.45) is 5.73 Å². The lowest BCUT2D eigenvalue weighted by Crippen LogP contribution is -2.43. The van der Waals surface area contributed by atoms with E-state index in [1.54, 1.807) is 6.20 Å². The molecule has 0 saturated heterocycles. The van der Waals surface area contributed by atoms with E-state index in [0.717, 1.165) is 12.0 Å². The number of rotatable bonds is 5. The molecule has 3 N–H and O–H groups in total. The van der Waals surface area contributed by atoms with E-state index in [0.29, 0.717) is 6.42 Å². The van der Waals surface area contributed by atoms with Crippen LogP contribution in [0.15, 0.2) is 24.5 Å². The third-order valence-electron chi connectivity index (χ3n) is 3.21. The van der Waals surface area contributed by atoms with Crippen molar-refractivity contribution in [2.45, 2.75) is 38.1 Å². The summed E-state index contributed by atoms with van der Waals surface area (Å²) in [7, 11) is 0. The summed E-state index contributed by atoms with van der Waals surface area (Å²) in [5, 5.41) is 9.13. The van der Waals surface area contributed by atoms with Gasteiger partial charge in [0.2, 0.25) is 0 Å². The number of hydrogen-bond acceptors (Lipinski definition) is 3. The molecule has 0 saturated carbocycles. The first-order valence-electron chi connectivity index (χ1n) is 5.42. The third kappa shape index (κ3) is 2.55. The van der Waals surface area contributed by atoms with Crippen LogP contribution in [0.4, 0.5) is 0 Å². The van der Waals surface area contributed by atoms with Crippen molar-refractivity contribution in [2.75, 3.05) is 6.61 Å². The fourth-order valence-corrected chi connectivity index (χ4v) is 1.93. The number of nitrogens with zero attached hydrogens (tertiary/aromatic N) is 1.